The van der Waals surface area contributed by atoms with Crippen molar-refractivity contribution in [1.29, 1.82) is 0 Å². The van der Waals surface area contributed by atoms with Crippen molar-refractivity contribution in [3.05, 3.63) is 126 Å². The smallest absolute Gasteiger partial charge is 0.0791 e. The first-order valence-electron chi connectivity index (χ1n) is 11.2. The Morgan fingerprint density at radius 3 is 2.12 bits per heavy atom. The van der Waals surface area contributed by atoms with Crippen LogP contribution in [0.25, 0.3) is 27.7 Å². The third-order valence-electron chi connectivity index (χ3n) is 6.49. The van der Waals surface area contributed by atoms with E-state index in [1.165, 1.54) is 50.1 Å². The van der Waals surface area contributed by atoms with E-state index in [1.807, 2.05) is 0 Å². The quantitative estimate of drug-likeness (QED) is 0.295. The van der Waals surface area contributed by atoms with Gasteiger partial charge in [0.25, 0.3) is 0 Å². The second-order valence-corrected chi connectivity index (χ2v) is 8.54. The lowest BCUT2D eigenvalue weighted by Gasteiger charge is -2.19. The highest BCUT2D eigenvalue weighted by atomic mass is 15.0. The van der Waals surface area contributed by atoms with E-state index in [0.29, 0.717) is 0 Å². The minimum absolute atomic E-state index is 0.173. The molecule has 0 amide bonds. The molecular formula is C30H24N2. The fourth-order valence-electron chi connectivity index (χ4n) is 4.79. The van der Waals surface area contributed by atoms with Gasteiger partial charge in [0, 0.05) is 23.7 Å². The molecule has 2 nitrogen and oxygen atoms in total. The monoisotopic (exact) mass is 412 g/mol. The molecule has 1 aliphatic rings. The summed E-state index contributed by atoms with van der Waals surface area (Å²) in [6, 6.07) is 37.1. The minimum Gasteiger partial charge on any atom is -0.308 e. The van der Waals surface area contributed by atoms with Gasteiger partial charge in [-0.05, 0) is 47.4 Å². The summed E-state index contributed by atoms with van der Waals surface area (Å²) >= 11 is 0. The third kappa shape index (κ3) is 3.16. The molecule has 2 heteroatoms. The molecular weight excluding hydrogens is 388 g/mol. The number of fused-ring (bicyclic) bond motifs is 3. The molecule has 6 rings (SSSR count). The van der Waals surface area contributed by atoms with Crippen LogP contribution in [0.2, 0.25) is 0 Å². The van der Waals surface area contributed by atoms with Crippen LogP contribution in [0, 0.1) is 6.92 Å². The van der Waals surface area contributed by atoms with Gasteiger partial charge in [0.2, 0.25) is 0 Å². The van der Waals surface area contributed by atoms with Crippen LogP contribution in [0.15, 0.2) is 108 Å². The molecule has 0 saturated carbocycles. The zero-order valence-electron chi connectivity index (χ0n) is 18.1. The summed E-state index contributed by atoms with van der Waals surface area (Å²) in [5.41, 5.74) is 10.0. The summed E-state index contributed by atoms with van der Waals surface area (Å²) in [5.74, 6) is 0. The van der Waals surface area contributed by atoms with Gasteiger partial charge in [0.15, 0.2) is 0 Å². The molecule has 1 aromatic heterocycles. The first-order chi connectivity index (χ1) is 15.8. The highest BCUT2D eigenvalue weighted by molar-refractivity contribution is 5.97. The molecule has 0 saturated heterocycles. The maximum atomic E-state index is 4.95. The van der Waals surface area contributed by atoms with Gasteiger partial charge in [0.05, 0.1) is 17.3 Å². The first kappa shape index (κ1) is 18.8. The SMILES string of the molecule is Cc1ccc(-c2ccc(-n3c4c(c5ccccc53)CC(c3ccccc3)N=C4)cc2)cc1. The van der Waals surface area contributed by atoms with Gasteiger partial charge in [0.1, 0.15) is 0 Å². The Hall–Kier alpha value is -3.91. The van der Waals surface area contributed by atoms with Crippen LogP contribution in [0.1, 0.15) is 28.4 Å². The summed E-state index contributed by atoms with van der Waals surface area (Å²) in [7, 11) is 0. The van der Waals surface area contributed by atoms with Gasteiger partial charge in [-0.1, -0.05) is 90.5 Å². The Labute approximate surface area is 188 Å². The molecule has 1 unspecified atom stereocenters. The lowest BCUT2D eigenvalue weighted by Crippen LogP contribution is -2.10. The first-order valence-corrected chi connectivity index (χ1v) is 11.2. The minimum atomic E-state index is 0.173. The Morgan fingerprint density at radius 1 is 0.719 bits per heavy atom. The number of rotatable bonds is 3. The number of hydrogen-bond acceptors (Lipinski definition) is 1. The predicted molar refractivity (Wildman–Crippen MR) is 134 cm³/mol. The van der Waals surface area contributed by atoms with E-state index in [9.17, 15) is 0 Å². The van der Waals surface area contributed by atoms with E-state index in [4.69, 9.17) is 4.99 Å². The van der Waals surface area contributed by atoms with E-state index in [0.717, 1.165) is 6.42 Å². The number of benzene rings is 4. The number of aliphatic imine (C=N–C) groups is 1. The van der Waals surface area contributed by atoms with Crippen molar-refractivity contribution < 1.29 is 0 Å². The molecule has 0 bridgehead atoms. The summed E-state index contributed by atoms with van der Waals surface area (Å²) in [4.78, 5) is 4.95. The van der Waals surface area contributed by atoms with E-state index in [2.05, 4.69) is 121 Å². The largest absolute Gasteiger partial charge is 0.308 e. The van der Waals surface area contributed by atoms with E-state index in [1.54, 1.807) is 0 Å². The van der Waals surface area contributed by atoms with Crippen molar-refractivity contribution in [2.24, 2.45) is 4.99 Å². The van der Waals surface area contributed by atoms with Crippen LogP contribution in [-0.4, -0.2) is 10.8 Å². The highest BCUT2D eigenvalue weighted by Crippen LogP contribution is 2.36. The molecule has 5 aromatic rings. The predicted octanol–water partition coefficient (Wildman–Crippen LogP) is 7.32. The topological polar surface area (TPSA) is 17.3 Å². The van der Waals surface area contributed by atoms with Gasteiger partial charge in [-0.2, -0.15) is 0 Å². The van der Waals surface area contributed by atoms with Crippen LogP contribution in [0.4, 0.5) is 0 Å². The van der Waals surface area contributed by atoms with Crippen molar-refractivity contribution in [3.8, 4) is 16.8 Å². The maximum Gasteiger partial charge on any atom is 0.0791 e. The summed E-state index contributed by atoms with van der Waals surface area (Å²) in [6.45, 7) is 2.12. The van der Waals surface area contributed by atoms with Crippen LogP contribution in [0.3, 0.4) is 0 Å². The van der Waals surface area contributed by atoms with Crippen molar-refractivity contribution >= 4 is 17.1 Å². The Balaban J connectivity index is 1.44. The molecule has 0 spiro atoms. The number of hydrogen-bond donors (Lipinski definition) is 0. The van der Waals surface area contributed by atoms with Crippen molar-refractivity contribution in [3.63, 3.8) is 0 Å². The second-order valence-electron chi connectivity index (χ2n) is 8.54. The number of para-hydroxylation sites is 1. The average Bonchev–Trinajstić information content (AvgIpc) is 3.19. The average molecular weight is 413 g/mol. The Morgan fingerprint density at radius 2 is 1.38 bits per heavy atom. The summed E-state index contributed by atoms with van der Waals surface area (Å²) < 4.78 is 2.36. The Bertz CT molecular complexity index is 1420. The molecule has 4 aromatic carbocycles. The number of nitrogens with zero attached hydrogens (tertiary/aromatic N) is 2. The van der Waals surface area contributed by atoms with Crippen LogP contribution in [-0.2, 0) is 6.42 Å². The van der Waals surface area contributed by atoms with E-state index in [-0.39, 0.29) is 6.04 Å². The van der Waals surface area contributed by atoms with Crippen molar-refractivity contribution in [1.82, 2.24) is 4.57 Å². The maximum absolute atomic E-state index is 4.95. The van der Waals surface area contributed by atoms with Crippen molar-refractivity contribution in [2.75, 3.05) is 0 Å². The molecule has 0 N–H and O–H groups in total. The second kappa shape index (κ2) is 7.65. The van der Waals surface area contributed by atoms with Gasteiger partial charge >= 0.3 is 0 Å². The number of aryl methyl sites for hydroxylation is 1. The van der Waals surface area contributed by atoms with Gasteiger partial charge < -0.3 is 4.57 Å². The molecule has 0 aliphatic carbocycles. The van der Waals surface area contributed by atoms with E-state index < -0.39 is 0 Å². The molecule has 0 fully saturated rings. The van der Waals surface area contributed by atoms with Crippen LogP contribution < -0.4 is 0 Å². The molecule has 154 valence electrons. The van der Waals surface area contributed by atoms with Crippen LogP contribution in [0.5, 0.6) is 0 Å². The molecule has 0 radical (unpaired) electrons. The third-order valence-corrected chi connectivity index (χ3v) is 6.49. The van der Waals surface area contributed by atoms with Crippen LogP contribution >= 0.6 is 0 Å². The van der Waals surface area contributed by atoms with Crippen molar-refractivity contribution in [2.45, 2.75) is 19.4 Å². The summed E-state index contributed by atoms with van der Waals surface area (Å²) in [6.07, 6.45) is 3.00. The fourth-order valence-corrected chi connectivity index (χ4v) is 4.79. The zero-order valence-corrected chi connectivity index (χ0v) is 18.1. The standard InChI is InChI=1S/C30H24N2/c1-21-11-13-22(14-12-21)23-15-17-25(18-16-23)32-29-10-6-5-9-26(29)27-19-28(31-20-30(27)32)24-7-3-2-4-8-24/h2-18,20,28H,19H2,1H3. The molecule has 1 atom stereocenters. The fraction of sp³-hybridized carbons (Fsp3) is 0.100. The van der Waals surface area contributed by atoms with Gasteiger partial charge in [-0.3, -0.25) is 4.99 Å². The molecule has 32 heavy (non-hydrogen) atoms. The van der Waals surface area contributed by atoms with E-state index >= 15 is 0 Å². The number of aromatic nitrogens is 1. The summed E-state index contributed by atoms with van der Waals surface area (Å²) in [5, 5.41) is 1.32. The zero-order chi connectivity index (χ0) is 21.5. The Kier molecular flexibility index (Phi) is 4.50. The molecule has 1 aliphatic heterocycles. The highest BCUT2D eigenvalue weighted by Gasteiger charge is 2.24. The van der Waals surface area contributed by atoms with Gasteiger partial charge in [-0.25, -0.2) is 0 Å². The molecule has 2 heterocycles. The lowest BCUT2D eigenvalue weighted by atomic mass is 9.95. The lowest BCUT2D eigenvalue weighted by molar-refractivity contribution is 0.716. The van der Waals surface area contributed by atoms with Gasteiger partial charge in [-0.15, -0.1) is 0 Å². The normalized spacial score (nSPS) is 15.1.